The van der Waals surface area contributed by atoms with Crippen LogP contribution in [0.25, 0.3) is 0 Å². The third kappa shape index (κ3) is 18.5. The molecule has 0 aromatic rings. The summed E-state index contributed by atoms with van der Waals surface area (Å²) in [7, 11) is 0. The molecule has 29 heavy (non-hydrogen) atoms. The number of hydrogen-bond donors (Lipinski definition) is 0. The molecule has 2 unspecified atom stereocenters. The molecule has 4 rings (SSSR count). The first-order valence-corrected chi connectivity index (χ1v) is 13.4. The van der Waals surface area contributed by atoms with E-state index < -0.39 is 0 Å². The van der Waals surface area contributed by atoms with Crippen LogP contribution < -0.4 is 0 Å². The highest BCUT2D eigenvalue weighted by Gasteiger charge is 2.13. The third-order valence-electron chi connectivity index (χ3n) is 7.61. The van der Waals surface area contributed by atoms with Gasteiger partial charge in [-0.1, -0.05) is 152 Å². The van der Waals surface area contributed by atoms with E-state index in [1.807, 2.05) is 0 Å². The molecule has 0 aliphatic heterocycles. The second-order valence-corrected chi connectivity index (χ2v) is 11.5. The van der Waals surface area contributed by atoms with E-state index in [-0.39, 0.29) is 7.43 Å². The molecule has 0 heteroatoms. The van der Waals surface area contributed by atoms with Crippen molar-refractivity contribution in [3.8, 4) is 0 Å². The van der Waals surface area contributed by atoms with Gasteiger partial charge in [-0.2, -0.15) is 0 Å². The molecule has 2 atom stereocenters. The van der Waals surface area contributed by atoms with Gasteiger partial charge in [0.2, 0.25) is 0 Å². The largest absolute Gasteiger partial charge is 0.0776 e. The Kier molecular flexibility index (Phi) is 17.7. The van der Waals surface area contributed by atoms with Crippen LogP contribution >= 0.6 is 0 Å². The van der Waals surface area contributed by atoms with E-state index >= 15 is 0 Å². The van der Waals surface area contributed by atoms with Crippen molar-refractivity contribution in [1.82, 2.24) is 0 Å². The van der Waals surface area contributed by atoms with Gasteiger partial charge in [0.15, 0.2) is 0 Å². The second kappa shape index (κ2) is 17.7. The minimum Gasteiger partial charge on any atom is -0.0776 e. The van der Waals surface area contributed by atoms with Gasteiger partial charge in [0.05, 0.1) is 0 Å². The molecule has 0 nitrogen and oxygen atoms in total. The fraction of sp³-hybridized carbons (Fsp3) is 1.00. The Hall–Kier alpha value is 0. The van der Waals surface area contributed by atoms with E-state index in [9.17, 15) is 0 Å². The van der Waals surface area contributed by atoms with Gasteiger partial charge in [0.25, 0.3) is 0 Å². The molecule has 0 radical (unpaired) electrons. The predicted molar refractivity (Wildman–Crippen MR) is 136 cm³/mol. The Balaban J connectivity index is 0.000000367. The summed E-state index contributed by atoms with van der Waals surface area (Å²) < 4.78 is 0. The Morgan fingerprint density at radius 2 is 0.483 bits per heavy atom. The molecule has 0 aromatic carbocycles. The average Bonchev–Trinajstić information content (AvgIpc) is 3.49. The summed E-state index contributed by atoms with van der Waals surface area (Å²) in [6, 6.07) is 0. The smallest absolute Gasteiger partial charge is 0.0443 e. The van der Waals surface area contributed by atoms with Gasteiger partial charge in [-0.3, -0.25) is 0 Å². The molecule has 0 heterocycles. The van der Waals surface area contributed by atoms with Crippen LogP contribution in [0, 0.1) is 35.5 Å². The van der Waals surface area contributed by atoms with Crippen molar-refractivity contribution in [2.45, 2.75) is 152 Å². The molecule has 0 aromatic heterocycles. The van der Waals surface area contributed by atoms with Gasteiger partial charge in [-0.25, -0.2) is 0 Å². The standard InChI is InChI=1S/C9H18.C8H16.C7H14.C4H8.CH4/c1-8-4-3-5-9(2)7-6-8;1-7-3-5-8(2)6-4-7;1-7-5-3-2-4-6-7;1-4-2-3-4;/h8-9H,3-7H2,1-2H3;7-8H,3-6H2,1-2H3;7H,2-6H2,1H3;4H,2-3H2,1H3;1H4. The van der Waals surface area contributed by atoms with E-state index in [1.165, 1.54) is 103 Å². The Labute approximate surface area is 187 Å². The Morgan fingerprint density at radius 1 is 0.276 bits per heavy atom. The highest BCUT2D eigenvalue weighted by atomic mass is 14.2. The van der Waals surface area contributed by atoms with Crippen molar-refractivity contribution in [2.75, 3.05) is 0 Å². The maximum atomic E-state index is 2.39. The van der Waals surface area contributed by atoms with Gasteiger partial charge >= 0.3 is 0 Å². The van der Waals surface area contributed by atoms with Crippen LogP contribution in [0.3, 0.4) is 0 Å². The first kappa shape index (κ1) is 29.0. The SMILES string of the molecule is C.CC1CC1.CC1CCC(C)CC1.CC1CCCC(C)CC1.CC1CCCCC1. The highest BCUT2D eigenvalue weighted by molar-refractivity contribution is 4.66. The number of rotatable bonds is 0. The summed E-state index contributed by atoms with van der Waals surface area (Å²) in [5.41, 5.74) is 0. The second-order valence-electron chi connectivity index (χ2n) is 11.5. The molecule has 0 N–H and O–H groups in total. The fourth-order valence-corrected chi connectivity index (χ4v) is 4.57. The molecule has 4 aliphatic rings. The molecule has 4 saturated carbocycles. The average molecular weight is 409 g/mol. The zero-order valence-corrected chi connectivity index (χ0v) is 20.8. The van der Waals surface area contributed by atoms with Gasteiger partial charge < -0.3 is 0 Å². The van der Waals surface area contributed by atoms with E-state index in [4.69, 9.17) is 0 Å². The summed E-state index contributed by atoms with van der Waals surface area (Å²) in [5.74, 6) is 6.18. The minimum atomic E-state index is 0. The van der Waals surface area contributed by atoms with Crippen LogP contribution in [0.1, 0.15) is 152 Å². The Morgan fingerprint density at radius 3 is 0.724 bits per heavy atom. The van der Waals surface area contributed by atoms with Crippen LogP contribution in [-0.2, 0) is 0 Å². The van der Waals surface area contributed by atoms with Crippen molar-refractivity contribution in [2.24, 2.45) is 35.5 Å². The van der Waals surface area contributed by atoms with E-state index in [2.05, 4.69) is 41.5 Å². The fourth-order valence-electron chi connectivity index (χ4n) is 4.57. The molecular formula is C29H60. The molecule has 0 bridgehead atoms. The highest BCUT2D eigenvalue weighted by Crippen LogP contribution is 2.28. The van der Waals surface area contributed by atoms with Crippen molar-refractivity contribution >= 4 is 0 Å². The van der Waals surface area contributed by atoms with Crippen molar-refractivity contribution < 1.29 is 0 Å². The Bertz CT molecular complexity index is 308. The summed E-state index contributed by atoms with van der Waals surface area (Å²) in [4.78, 5) is 0. The van der Waals surface area contributed by atoms with Gasteiger partial charge in [0.1, 0.15) is 0 Å². The van der Waals surface area contributed by atoms with Crippen LogP contribution in [-0.4, -0.2) is 0 Å². The van der Waals surface area contributed by atoms with Crippen molar-refractivity contribution in [1.29, 1.82) is 0 Å². The summed E-state index contributed by atoms with van der Waals surface area (Å²) in [6.07, 6.45) is 23.7. The van der Waals surface area contributed by atoms with Crippen molar-refractivity contribution in [3.63, 3.8) is 0 Å². The lowest BCUT2D eigenvalue weighted by Crippen LogP contribution is -2.08. The number of hydrogen-bond acceptors (Lipinski definition) is 0. The van der Waals surface area contributed by atoms with E-state index in [1.54, 1.807) is 0 Å². The van der Waals surface area contributed by atoms with Crippen LogP contribution in [0.5, 0.6) is 0 Å². The molecule has 4 fully saturated rings. The van der Waals surface area contributed by atoms with Gasteiger partial charge in [-0.05, 0) is 35.5 Å². The minimum absolute atomic E-state index is 0. The normalized spacial score (nSPS) is 32.5. The van der Waals surface area contributed by atoms with Crippen LogP contribution in [0.15, 0.2) is 0 Å². The van der Waals surface area contributed by atoms with Crippen LogP contribution in [0.4, 0.5) is 0 Å². The zero-order chi connectivity index (χ0) is 20.8. The third-order valence-corrected chi connectivity index (χ3v) is 7.61. The molecule has 0 saturated heterocycles. The molecule has 176 valence electrons. The first-order valence-electron chi connectivity index (χ1n) is 13.4. The summed E-state index contributed by atoms with van der Waals surface area (Å²) in [6.45, 7) is 14.1. The monoisotopic (exact) mass is 408 g/mol. The first-order chi connectivity index (χ1) is 13.4. The topological polar surface area (TPSA) is 0 Å². The van der Waals surface area contributed by atoms with Crippen molar-refractivity contribution in [3.05, 3.63) is 0 Å². The lowest BCUT2D eigenvalue weighted by atomic mass is 9.84. The van der Waals surface area contributed by atoms with Gasteiger partial charge in [0, 0.05) is 0 Å². The van der Waals surface area contributed by atoms with E-state index in [0.29, 0.717) is 0 Å². The lowest BCUT2D eigenvalue weighted by molar-refractivity contribution is 0.308. The summed E-state index contributed by atoms with van der Waals surface area (Å²) >= 11 is 0. The lowest BCUT2D eigenvalue weighted by Gasteiger charge is -2.22. The molecular weight excluding hydrogens is 348 g/mol. The maximum absolute atomic E-state index is 2.39. The predicted octanol–water partition coefficient (Wildman–Crippen LogP) is 10.7. The van der Waals surface area contributed by atoms with Gasteiger partial charge in [-0.15, -0.1) is 0 Å². The summed E-state index contributed by atoms with van der Waals surface area (Å²) in [5, 5.41) is 0. The quantitative estimate of drug-likeness (QED) is 0.349. The zero-order valence-electron chi connectivity index (χ0n) is 20.8. The molecule has 0 spiro atoms. The maximum Gasteiger partial charge on any atom is -0.0443 e. The molecule has 4 aliphatic carbocycles. The van der Waals surface area contributed by atoms with E-state index in [0.717, 1.165) is 35.5 Å². The molecule has 0 amide bonds. The van der Waals surface area contributed by atoms with Crippen LogP contribution in [0.2, 0.25) is 0 Å².